The number of aryl methyl sites for hydroxylation is 1. The molecule has 0 saturated carbocycles. The maximum absolute atomic E-state index is 6.56. The Morgan fingerprint density at radius 3 is 2.24 bits per heavy atom. The number of nitrogens with zero attached hydrogens (tertiary/aromatic N) is 2. The minimum atomic E-state index is 0.661. The lowest BCUT2D eigenvalue weighted by atomic mass is 10.1. The molecule has 0 spiro atoms. The lowest BCUT2D eigenvalue weighted by Gasteiger charge is -2.04. The first-order valence-electron chi connectivity index (χ1n) is 6.63. The molecule has 0 amide bonds. The summed E-state index contributed by atoms with van der Waals surface area (Å²) in [4.78, 5) is 0. The van der Waals surface area contributed by atoms with Crippen molar-refractivity contribution >= 4 is 11.6 Å². The zero-order valence-electron chi connectivity index (χ0n) is 11.9. The van der Waals surface area contributed by atoms with Gasteiger partial charge >= 0.3 is 0 Å². The van der Waals surface area contributed by atoms with Gasteiger partial charge in [-0.15, -0.1) is 0 Å². The molecule has 3 rings (SSSR count). The van der Waals surface area contributed by atoms with Crippen LogP contribution in [0.4, 0.5) is 0 Å². The Morgan fingerprint density at radius 2 is 1.62 bits per heavy atom. The van der Waals surface area contributed by atoms with Gasteiger partial charge in [-0.1, -0.05) is 41.9 Å². The van der Waals surface area contributed by atoms with Crippen LogP contribution in [0.2, 0.25) is 5.02 Å². The van der Waals surface area contributed by atoms with E-state index < -0.39 is 0 Å². The first kappa shape index (κ1) is 13.7. The number of halogens is 1. The van der Waals surface area contributed by atoms with Crippen molar-refractivity contribution in [3.63, 3.8) is 0 Å². The molecule has 0 aliphatic heterocycles. The minimum absolute atomic E-state index is 0.661. The maximum atomic E-state index is 6.56. The molecule has 2 aromatic carbocycles. The second kappa shape index (κ2) is 5.62. The van der Waals surface area contributed by atoms with Crippen LogP contribution in [0.25, 0.3) is 22.5 Å². The van der Waals surface area contributed by atoms with E-state index in [1.807, 2.05) is 66.3 Å². The Balaban J connectivity index is 2.09. The average Bonchev–Trinajstić information content (AvgIpc) is 2.83. The number of hydrogen-bond donors (Lipinski definition) is 0. The predicted molar refractivity (Wildman–Crippen MR) is 85.6 cm³/mol. The topological polar surface area (TPSA) is 27.1 Å². The lowest BCUT2D eigenvalue weighted by molar-refractivity contribution is 0.415. The van der Waals surface area contributed by atoms with E-state index in [1.54, 1.807) is 7.11 Å². The van der Waals surface area contributed by atoms with Crippen LogP contribution < -0.4 is 4.74 Å². The van der Waals surface area contributed by atoms with Gasteiger partial charge < -0.3 is 4.74 Å². The van der Waals surface area contributed by atoms with Gasteiger partial charge in [0, 0.05) is 18.2 Å². The van der Waals surface area contributed by atoms with E-state index in [0.29, 0.717) is 5.02 Å². The number of ether oxygens (including phenoxy) is 1. The van der Waals surface area contributed by atoms with E-state index >= 15 is 0 Å². The first-order chi connectivity index (χ1) is 10.2. The SMILES string of the molecule is COc1ccc(-c2c(Cl)c(-c3ccccc3)nn2C)cc1. The Labute approximate surface area is 128 Å². The molecule has 0 saturated heterocycles. The molecule has 4 heteroatoms. The van der Waals surface area contributed by atoms with Crippen LogP contribution in [-0.2, 0) is 7.05 Å². The summed E-state index contributed by atoms with van der Waals surface area (Å²) in [6, 6.07) is 17.7. The molecule has 0 aliphatic carbocycles. The van der Waals surface area contributed by atoms with Crippen LogP contribution in [0, 0.1) is 0 Å². The molecule has 106 valence electrons. The van der Waals surface area contributed by atoms with Gasteiger partial charge in [-0.05, 0) is 24.3 Å². The molecule has 21 heavy (non-hydrogen) atoms. The highest BCUT2D eigenvalue weighted by atomic mass is 35.5. The summed E-state index contributed by atoms with van der Waals surface area (Å²) in [7, 11) is 3.55. The van der Waals surface area contributed by atoms with Crippen LogP contribution >= 0.6 is 11.6 Å². The smallest absolute Gasteiger partial charge is 0.118 e. The van der Waals surface area contributed by atoms with Crippen molar-refractivity contribution in [2.75, 3.05) is 7.11 Å². The van der Waals surface area contributed by atoms with Crippen molar-refractivity contribution in [2.24, 2.45) is 7.05 Å². The van der Waals surface area contributed by atoms with Gasteiger partial charge in [-0.3, -0.25) is 4.68 Å². The second-order valence-electron chi connectivity index (χ2n) is 4.73. The summed E-state index contributed by atoms with van der Waals surface area (Å²) in [5, 5.41) is 5.21. The van der Waals surface area contributed by atoms with Gasteiger partial charge in [-0.2, -0.15) is 5.10 Å². The fourth-order valence-corrected chi connectivity index (χ4v) is 2.72. The third kappa shape index (κ3) is 2.52. The molecule has 1 heterocycles. The summed E-state index contributed by atoms with van der Waals surface area (Å²) in [5.74, 6) is 0.820. The van der Waals surface area contributed by atoms with Gasteiger partial charge in [0.25, 0.3) is 0 Å². The Morgan fingerprint density at radius 1 is 0.952 bits per heavy atom. The monoisotopic (exact) mass is 298 g/mol. The molecule has 0 N–H and O–H groups in total. The zero-order chi connectivity index (χ0) is 14.8. The normalized spacial score (nSPS) is 10.6. The van der Waals surface area contributed by atoms with Gasteiger partial charge in [0.1, 0.15) is 11.4 Å². The fraction of sp³-hybridized carbons (Fsp3) is 0.118. The number of hydrogen-bond acceptors (Lipinski definition) is 2. The Bertz CT molecular complexity index is 748. The van der Waals surface area contributed by atoms with Crippen molar-refractivity contribution in [3.05, 3.63) is 59.6 Å². The average molecular weight is 299 g/mol. The number of methoxy groups -OCH3 is 1. The maximum Gasteiger partial charge on any atom is 0.118 e. The van der Waals surface area contributed by atoms with Crippen molar-refractivity contribution < 1.29 is 4.74 Å². The van der Waals surface area contributed by atoms with E-state index in [4.69, 9.17) is 16.3 Å². The summed E-state index contributed by atoms with van der Waals surface area (Å²) in [6.45, 7) is 0. The van der Waals surface area contributed by atoms with E-state index in [0.717, 1.165) is 28.3 Å². The summed E-state index contributed by atoms with van der Waals surface area (Å²) in [5.41, 5.74) is 3.72. The van der Waals surface area contributed by atoms with E-state index in [1.165, 1.54) is 0 Å². The Hall–Kier alpha value is -2.26. The largest absolute Gasteiger partial charge is 0.497 e. The number of aromatic nitrogens is 2. The highest BCUT2D eigenvalue weighted by Gasteiger charge is 2.17. The van der Waals surface area contributed by atoms with Crippen LogP contribution in [-0.4, -0.2) is 16.9 Å². The van der Waals surface area contributed by atoms with E-state index in [2.05, 4.69) is 5.10 Å². The highest BCUT2D eigenvalue weighted by Crippen LogP contribution is 2.36. The van der Waals surface area contributed by atoms with E-state index in [9.17, 15) is 0 Å². The molecule has 0 fully saturated rings. The standard InChI is InChI=1S/C17H15ClN2O/c1-20-17(13-8-10-14(21-2)11-9-13)15(18)16(19-20)12-6-4-3-5-7-12/h3-11H,1-2H3. The van der Waals surface area contributed by atoms with Crippen molar-refractivity contribution in [2.45, 2.75) is 0 Å². The first-order valence-corrected chi connectivity index (χ1v) is 7.01. The molecule has 0 atom stereocenters. The van der Waals surface area contributed by atoms with Crippen LogP contribution in [0.1, 0.15) is 0 Å². The molecule has 3 nitrogen and oxygen atoms in total. The summed E-state index contributed by atoms with van der Waals surface area (Å²) < 4.78 is 7.00. The fourth-order valence-electron chi connectivity index (χ4n) is 2.34. The third-order valence-corrected chi connectivity index (χ3v) is 3.76. The number of benzene rings is 2. The van der Waals surface area contributed by atoms with Gasteiger partial charge in [0.05, 0.1) is 17.8 Å². The molecule has 0 bridgehead atoms. The lowest BCUT2D eigenvalue weighted by Crippen LogP contribution is -1.94. The van der Waals surface area contributed by atoms with Crippen molar-refractivity contribution in [3.8, 4) is 28.3 Å². The molecule has 1 aromatic heterocycles. The molecular weight excluding hydrogens is 284 g/mol. The van der Waals surface area contributed by atoms with Gasteiger partial charge in [0.2, 0.25) is 0 Å². The summed E-state index contributed by atoms with van der Waals surface area (Å²) in [6.07, 6.45) is 0. The van der Waals surface area contributed by atoms with Gasteiger partial charge in [0.15, 0.2) is 0 Å². The quantitative estimate of drug-likeness (QED) is 0.716. The van der Waals surface area contributed by atoms with Crippen LogP contribution in [0.5, 0.6) is 5.75 Å². The number of rotatable bonds is 3. The third-order valence-electron chi connectivity index (χ3n) is 3.40. The molecule has 0 unspecified atom stereocenters. The second-order valence-corrected chi connectivity index (χ2v) is 5.11. The molecule has 0 aliphatic rings. The molecule has 3 aromatic rings. The van der Waals surface area contributed by atoms with Crippen molar-refractivity contribution in [1.29, 1.82) is 0 Å². The minimum Gasteiger partial charge on any atom is -0.497 e. The molecule has 0 radical (unpaired) electrons. The molecular formula is C17H15ClN2O. The highest BCUT2D eigenvalue weighted by molar-refractivity contribution is 6.35. The summed E-state index contributed by atoms with van der Waals surface area (Å²) >= 11 is 6.56. The van der Waals surface area contributed by atoms with Gasteiger partial charge in [-0.25, -0.2) is 0 Å². The predicted octanol–water partition coefficient (Wildman–Crippen LogP) is 4.42. The van der Waals surface area contributed by atoms with Crippen LogP contribution in [0.3, 0.4) is 0 Å². The van der Waals surface area contributed by atoms with Crippen LogP contribution in [0.15, 0.2) is 54.6 Å². The zero-order valence-corrected chi connectivity index (χ0v) is 12.6. The Kier molecular flexibility index (Phi) is 3.67. The van der Waals surface area contributed by atoms with Crippen molar-refractivity contribution in [1.82, 2.24) is 9.78 Å². The van der Waals surface area contributed by atoms with E-state index in [-0.39, 0.29) is 0 Å².